The Labute approximate surface area is 108 Å². The van der Waals surface area contributed by atoms with Crippen molar-refractivity contribution >= 4 is 5.97 Å². The molecule has 0 aliphatic heterocycles. The fourth-order valence-electron chi connectivity index (χ4n) is 2.44. The number of rotatable bonds is 6. The van der Waals surface area contributed by atoms with Crippen LogP contribution in [-0.2, 0) is 11.8 Å². The molecule has 0 aromatic carbocycles. The SMILES string of the molecule is CCN(CCC(=O)O)C(C)c1c(C)nn(C)c1C. The maximum atomic E-state index is 10.7. The third-order valence-electron chi connectivity index (χ3n) is 3.55. The van der Waals surface area contributed by atoms with E-state index in [1.165, 1.54) is 5.56 Å². The van der Waals surface area contributed by atoms with Gasteiger partial charge in [0.15, 0.2) is 0 Å². The topological polar surface area (TPSA) is 58.4 Å². The molecule has 0 saturated heterocycles. The minimum absolute atomic E-state index is 0.177. The molecule has 0 bridgehead atoms. The lowest BCUT2D eigenvalue weighted by Gasteiger charge is -2.27. The van der Waals surface area contributed by atoms with Crippen LogP contribution in [0.4, 0.5) is 0 Å². The van der Waals surface area contributed by atoms with Crippen molar-refractivity contribution in [3.63, 3.8) is 0 Å². The Morgan fingerprint density at radius 2 is 2.11 bits per heavy atom. The quantitative estimate of drug-likeness (QED) is 0.841. The van der Waals surface area contributed by atoms with Crippen LogP contribution in [0.3, 0.4) is 0 Å². The maximum Gasteiger partial charge on any atom is 0.304 e. The van der Waals surface area contributed by atoms with Crippen molar-refractivity contribution in [3.05, 3.63) is 17.0 Å². The molecule has 0 saturated carbocycles. The zero-order chi connectivity index (χ0) is 13.9. The molecule has 1 aromatic heterocycles. The van der Waals surface area contributed by atoms with E-state index in [1.54, 1.807) is 0 Å². The Kier molecular flexibility index (Phi) is 4.90. The van der Waals surface area contributed by atoms with Crippen LogP contribution in [-0.4, -0.2) is 38.8 Å². The first-order valence-electron chi connectivity index (χ1n) is 6.34. The number of nitrogens with zero attached hydrogens (tertiary/aromatic N) is 3. The van der Waals surface area contributed by atoms with Gasteiger partial charge in [-0.25, -0.2) is 0 Å². The summed E-state index contributed by atoms with van der Waals surface area (Å²) < 4.78 is 1.88. The molecule has 1 unspecified atom stereocenters. The van der Waals surface area contributed by atoms with Crippen molar-refractivity contribution in [1.29, 1.82) is 0 Å². The van der Waals surface area contributed by atoms with Crippen LogP contribution in [0, 0.1) is 13.8 Å². The average Bonchev–Trinajstić information content (AvgIpc) is 2.53. The molecule has 1 atom stereocenters. The Hall–Kier alpha value is -1.36. The fraction of sp³-hybridized carbons (Fsp3) is 0.692. The third kappa shape index (κ3) is 3.10. The van der Waals surface area contributed by atoms with Gasteiger partial charge in [0.2, 0.25) is 0 Å². The van der Waals surface area contributed by atoms with E-state index in [-0.39, 0.29) is 12.5 Å². The van der Waals surface area contributed by atoms with E-state index >= 15 is 0 Å². The number of aryl methyl sites for hydroxylation is 2. The molecule has 5 nitrogen and oxygen atoms in total. The highest BCUT2D eigenvalue weighted by molar-refractivity contribution is 5.66. The highest BCUT2D eigenvalue weighted by Crippen LogP contribution is 2.26. The normalized spacial score (nSPS) is 13.0. The number of hydrogen-bond acceptors (Lipinski definition) is 3. The van der Waals surface area contributed by atoms with Crippen LogP contribution in [0.5, 0.6) is 0 Å². The van der Waals surface area contributed by atoms with Crippen LogP contribution in [0.25, 0.3) is 0 Å². The van der Waals surface area contributed by atoms with Crippen LogP contribution in [0.2, 0.25) is 0 Å². The summed E-state index contributed by atoms with van der Waals surface area (Å²) in [4.78, 5) is 12.8. The fourth-order valence-corrected chi connectivity index (χ4v) is 2.44. The van der Waals surface area contributed by atoms with E-state index in [2.05, 4.69) is 30.8 Å². The number of carbonyl (C=O) groups is 1. The van der Waals surface area contributed by atoms with Crippen molar-refractivity contribution < 1.29 is 9.90 Å². The van der Waals surface area contributed by atoms with Gasteiger partial charge in [0.1, 0.15) is 0 Å². The lowest BCUT2D eigenvalue weighted by Crippen LogP contribution is -2.29. The molecular weight excluding hydrogens is 230 g/mol. The Morgan fingerprint density at radius 1 is 1.50 bits per heavy atom. The third-order valence-corrected chi connectivity index (χ3v) is 3.55. The van der Waals surface area contributed by atoms with E-state index in [1.807, 2.05) is 18.7 Å². The molecule has 0 amide bonds. The molecule has 0 aliphatic carbocycles. The molecule has 0 fully saturated rings. The van der Waals surface area contributed by atoms with Crippen LogP contribution < -0.4 is 0 Å². The summed E-state index contributed by atoms with van der Waals surface area (Å²) in [6.45, 7) is 9.63. The second-order valence-corrected chi connectivity index (χ2v) is 4.66. The first kappa shape index (κ1) is 14.7. The summed E-state index contributed by atoms with van der Waals surface area (Å²) in [6.07, 6.45) is 0.177. The lowest BCUT2D eigenvalue weighted by molar-refractivity contribution is -0.137. The van der Waals surface area contributed by atoms with Gasteiger partial charge in [-0.2, -0.15) is 5.10 Å². The molecule has 18 heavy (non-hydrogen) atoms. The van der Waals surface area contributed by atoms with Gasteiger partial charge in [0.25, 0.3) is 0 Å². The van der Waals surface area contributed by atoms with Gasteiger partial charge in [0, 0.05) is 30.9 Å². The van der Waals surface area contributed by atoms with E-state index in [4.69, 9.17) is 5.11 Å². The number of carboxylic acids is 1. The summed E-state index contributed by atoms with van der Waals surface area (Å²) >= 11 is 0. The van der Waals surface area contributed by atoms with Crippen molar-refractivity contribution in [2.75, 3.05) is 13.1 Å². The Balaban J connectivity index is 2.89. The van der Waals surface area contributed by atoms with Gasteiger partial charge >= 0.3 is 5.97 Å². The molecular formula is C13H23N3O2. The molecule has 0 radical (unpaired) electrons. The minimum atomic E-state index is -0.750. The highest BCUT2D eigenvalue weighted by atomic mass is 16.4. The summed E-state index contributed by atoms with van der Waals surface area (Å²) in [5.41, 5.74) is 3.38. The minimum Gasteiger partial charge on any atom is -0.481 e. The van der Waals surface area contributed by atoms with E-state index in [0.29, 0.717) is 6.54 Å². The second kappa shape index (κ2) is 6.00. The van der Waals surface area contributed by atoms with E-state index in [0.717, 1.165) is 17.9 Å². The molecule has 1 N–H and O–H groups in total. The number of aliphatic carboxylic acids is 1. The Bertz CT molecular complexity index is 426. The lowest BCUT2D eigenvalue weighted by atomic mass is 10.0. The summed E-state index contributed by atoms with van der Waals surface area (Å²) in [5, 5.41) is 13.2. The van der Waals surface area contributed by atoms with Crippen LogP contribution in [0.15, 0.2) is 0 Å². The van der Waals surface area contributed by atoms with Crippen LogP contribution in [0.1, 0.15) is 43.3 Å². The predicted octanol–water partition coefficient (Wildman–Crippen LogP) is 1.89. The maximum absolute atomic E-state index is 10.7. The number of carboxylic acid groups (broad SMARTS) is 1. The van der Waals surface area contributed by atoms with Crippen molar-refractivity contribution in [1.82, 2.24) is 14.7 Å². The molecule has 102 valence electrons. The standard InChI is InChI=1S/C13H23N3O2/c1-6-16(8-7-12(17)18)11(4)13-9(2)14-15(5)10(13)3/h11H,6-8H2,1-5H3,(H,17,18). The van der Waals surface area contributed by atoms with Crippen LogP contribution >= 0.6 is 0 Å². The van der Waals surface area contributed by atoms with Gasteiger partial charge < -0.3 is 5.11 Å². The first-order chi connectivity index (χ1) is 8.38. The summed E-state index contributed by atoms with van der Waals surface area (Å²) in [6, 6.07) is 0.197. The highest BCUT2D eigenvalue weighted by Gasteiger charge is 2.21. The van der Waals surface area contributed by atoms with Crippen molar-refractivity contribution in [2.45, 2.75) is 40.2 Å². The second-order valence-electron chi connectivity index (χ2n) is 4.66. The molecule has 0 spiro atoms. The van der Waals surface area contributed by atoms with Crippen molar-refractivity contribution in [3.8, 4) is 0 Å². The van der Waals surface area contributed by atoms with Gasteiger partial charge in [-0.15, -0.1) is 0 Å². The summed E-state index contributed by atoms with van der Waals surface area (Å²) in [5.74, 6) is -0.750. The molecule has 5 heteroatoms. The molecule has 1 aromatic rings. The van der Waals surface area contributed by atoms with E-state index < -0.39 is 5.97 Å². The smallest absolute Gasteiger partial charge is 0.304 e. The monoisotopic (exact) mass is 253 g/mol. The number of aromatic nitrogens is 2. The largest absolute Gasteiger partial charge is 0.481 e. The van der Waals surface area contributed by atoms with Crippen molar-refractivity contribution in [2.24, 2.45) is 7.05 Å². The van der Waals surface area contributed by atoms with Gasteiger partial charge in [-0.1, -0.05) is 6.92 Å². The Morgan fingerprint density at radius 3 is 2.50 bits per heavy atom. The van der Waals surface area contributed by atoms with Gasteiger partial charge in [-0.3, -0.25) is 14.4 Å². The molecule has 0 aliphatic rings. The summed E-state index contributed by atoms with van der Waals surface area (Å²) in [7, 11) is 1.94. The average molecular weight is 253 g/mol. The van der Waals surface area contributed by atoms with Gasteiger partial charge in [-0.05, 0) is 27.3 Å². The molecule has 1 rings (SSSR count). The van der Waals surface area contributed by atoms with Gasteiger partial charge in [0.05, 0.1) is 12.1 Å². The molecule has 1 heterocycles. The number of hydrogen-bond donors (Lipinski definition) is 1. The zero-order valence-corrected chi connectivity index (χ0v) is 11.9. The predicted molar refractivity (Wildman–Crippen MR) is 70.6 cm³/mol. The van der Waals surface area contributed by atoms with E-state index in [9.17, 15) is 4.79 Å². The first-order valence-corrected chi connectivity index (χ1v) is 6.34. The zero-order valence-electron chi connectivity index (χ0n) is 11.9.